The first-order valence-corrected chi connectivity index (χ1v) is 10.1. The van der Waals surface area contributed by atoms with Gasteiger partial charge in [0.25, 0.3) is 0 Å². The number of ether oxygens (including phenoxy) is 2. The van der Waals surface area contributed by atoms with E-state index in [9.17, 15) is 4.79 Å². The van der Waals surface area contributed by atoms with E-state index < -0.39 is 5.97 Å². The number of aromatic amines is 1. The van der Waals surface area contributed by atoms with Crippen molar-refractivity contribution in [1.82, 2.24) is 9.55 Å². The van der Waals surface area contributed by atoms with E-state index in [1.165, 1.54) is 18.1 Å². The van der Waals surface area contributed by atoms with Crippen LogP contribution < -0.4 is 10.5 Å². The zero-order valence-electron chi connectivity index (χ0n) is 16.2. The molecule has 0 saturated heterocycles. The second-order valence-electron chi connectivity index (χ2n) is 7.02. The van der Waals surface area contributed by atoms with E-state index in [1.807, 2.05) is 43.6 Å². The van der Waals surface area contributed by atoms with Crippen molar-refractivity contribution < 1.29 is 14.3 Å². The van der Waals surface area contributed by atoms with Crippen LogP contribution in [0.25, 0.3) is 21.8 Å². The Morgan fingerprint density at radius 2 is 2.03 bits per heavy atom. The molecule has 0 aliphatic heterocycles. The third-order valence-electron chi connectivity index (χ3n) is 5.11. The number of halogens is 1. The van der Waals surface area contributed by atoms with E-state index in [0.29, 0.717) is 24.5 Å². The lowest BCUT2D eigenvalue weighted by Crippen LogP contribution is -2.30. The van der Waals surface area contributed by atoms with Gasteiger partial charge in [-0.2, -0.15) is 0 Å². The Hall–Kier alpha value is -2.77. The van der Waals surface area contributed by atoms with Gasteiger partial charge in [0.2, 0.25) is 0 Å². The Bertz CT molecular complexity index is 1190. The molecule has 4 aromatic rings. The van der Waals surface area contributed by atoms with Crippen molar-refractivity contribution in [2.75, 3.05) is 13.7 Å². The number of rotatable bonds is 6. The highest BCUT2D eigenvalue weighted by Gasteiger charge is 2.19. The summed E-state index contributed by atoms with van der Waals surface area (Å²) >= 11 is 3.55. The molecule has 1 atom stereocenters. The first-order chi connectivity index (χ1) is 14.0. The van der Waals surface area contributed by atoms with E-state index in [1.54, 1.807) is 10.6 Å². The molecule has 0 bridgehead atoms. The van der Waals surface area contributed by atoms with Crippen LogP contribution >= 0.6 is 15.9 Å². The van der Waals surface area contributed by atoms with Gasteiger partial charge in [-0.25, -0.2) is 4.79 Å². The van der Waals surface area contributed by atoms with Gasteiger partial charge >= 0.3 is 5.97 Å². The number of hydrogen-bond donors (Lipinski definition) is 2. The third-order valence-corrected chi connectivity index (χ3v) is 5.75. The van der Waals surface area contributed by atoms with Crippen molar-refractivity contribution in [3.63, 3.8) is 0 Å². The number of benzene rings is 2. The maximum atomic E-state index is 12.1. The number of aromatic nitrogens is 2. The van der Waals surface area contributed by atoms with Crippen molar-refractivity contribution in [2.24, 2.45) is 12.8 Å². The van der Waals surface area contributed by atoms with Crippen molar-refractivity contribution in [3.8, 4) is 5.75 Å². The van der Waals surface area contributed by atoms with Crippen LogP contribution in [0.3, 0.4) is 0 Å². The van der Waals surface area contributed by atoms with Gasteiger partial charge in [-0.15, -0.1) is 0 Å². The van der Waals surface area contributed by atoms with Gasteiger partial charge in [-0.1, -0.05) is 18.2 Å². The van der Waals surface area contributed by atoms with E-state index >= 15 is 0 Å². The molecule has 29 heavy (non-hydrogen) atoms. The summed E-state index contributed by atoms with van der Waals surface area (Å²) in [5.41, 5.74) is 9.96. The number of hydrogen-bond acceptors (Lipinski definition) is 4. The maximum absolute atomic E-state index is 12.1. The number of H-pyrrole nitrogens is 1. The standard InChI is InChI=1S/C22H22BrN3O3/c1-26-19(22(27)28-2)10-16-20(8-7-17(23)21(16)26)29-12-14(24)9-13-11-25-18-6-4-3-5-15(13)18/h3-8,10-11,14,25H,9,12,24H2,1-2H3/t14-/m0/s1. The summed E-state index contributed by atoms with van der Waals surface area (Å²) < 4.78 is 13.6. The van der Waals surface area contributed by atoms with Gasteiger partial charge in [-0.05, 0) is 52.2 Å². The van der Waals surface area contributed by atoms with Crippen LogP contribution in [0.15, 0.2) is 53.1 Å². The summed E-state index contributed by atoms with van der Waals surface area (Å²) in [4.78, 5) is 15.3. The molecule has 7 heteroatoms. The van der Waals surface area contributed by atoms with Crippen LogP contribution in [0.1, 0.15) is 16.1 Å². The van der Waals surface area contributed by atoms with E-state index in [2.05, 4.69) is 27.0 Å². The van der Waals surface area contributed by atoms with Gasteiger partial charge in [-0.3, -0.25) is 0 Å². The predicted molar refractivity (Wildman–Crippen MR) is 117 cm³/mol. The number of para-hydroxylation sites is 1. The number of carbonyl (C=O) groups is 1. The molecule has 0 radical (unpaired) electrons. The molecule has 0 aliphatic carbocycles. The SMILES string of the molecule is COC(=O)c1cc2c(OC[C@@H](N)Cc3c[nH]c4ccccc34)ccc(Br)c2n1C. The zero-order chi connectivity index (χ0) is 20.5. The highest BCUT2D eigenvalue weighted by atomic mass is 79.9. The molecule has 0 spiro atoms. The van der Waals surface area contributed by atoms with Crippen molar-refractivity contribution in [3.05, 3.63) is 64.4 Å². The molecule has 3 N–H and O–H groups in total. The number of nitrogens with two attached hydrogens (primary N) is 1. The zero-order valence-corrected chi connectivity index (χ0v) is 17.8. The minimum atomic E-state index is -0.391. The second-order valence-corrected chi connectivity index (χ2v) is 7.88. The van der Waals surface area contributed by atoms with Gasteiger partial charge in [0.15, 0.2) is 0 Å². The van der Waals surface area contributed by atoms with Crippen LogP contribution in [0, 0.1) is 0 Å². The highest BCUT2D eigenvalue weighted by Crippen LogP contribution is 2.34. The molecule has 150 valence electrons. The number of esters is 1. The fourth-order valence-electron chi connectivity index (χ4n) is 3.66. The molecule has 0 amide bonds. The first-order valence-electron chi connectivity index (χ1n) is 9.29. The summed E-state index contributed by atoms with van der Waals surface area (Å²) in [5.74, 6) is 0.293. The molecular formula is C22H22BrN3O3. The summed E-state index contributed by atoms with van der Waals surface area (Å²) in [6.45, 7) is 0.360. The van der Waals surface area contributed by atoms with E-state index in [4.69, 9.17) is 15.2 Å². The topological polar surface area (TPSA) is 82.3 Å². The molecular weight excluding hydrogens is 434 g/mol. The smallest absolute Gasteiger partial charge is 0.354 e. The van der Waals surface area contributed by atoms with Crippen LogP contribution in [0.2, 0.25) is 0 Å². The summed E-state index contributed by atoms with van der Waals surface area (Å²) in [5, 5.41) is 2.02. The van der Waals surface area contributed by atoms with Crippen LogP contribution in [0.4, 0.5) is 0 Å². The number of nitrogens with one attached hydrogen (secondary N) is 1. The Morgan fingerprint density at radius 1 is 1.24 bits per heavy atom. The molecule has 0 unspecified atom stereocenters. The van der Waals surface area contributed by atoms with Crippen LogP contribution in [0.5, 0.6) is 5.75 Å². The molecule has 0 aliphatic rings. The van der Waals surface area contributed by atoms with Crippen molar-refractivity contribution in [2.45, 2.75) is 12.5 Å². The van der Waals surface area contributed by atoms with Crippen molar-refractivity contribution in [1.29, 1.82) is 0 Å². The normalized spacial score (nSPS) is 12.4. The van der Waals surface area contributed by atoms with E-state index in [0.717, 1.165) is 20.9 Å². The summed E-state index contributed by atoms with van der Waals surface area (Å²) in [6.07, 6.45) is 2.70. The molecule has 0 saturated carbocycles. The number of fused-ring (bicyclic) bond motifs is 2. The third kappa shape index (κ3) is 3.63. The van der Waals surface area contributed by atoms with Gasteiger partial charge < -0.3 is 24.8 Å². The van der Waals surface area contributed by atoms with Gasteiger partial charge in [0.1, 0.15) is 18.1 Å². The largest absolute Gasteiger partial charge is 0.491 e. The summed E-state index contributed by atoms with van der Waals surface area (Å²) in [6, 6.07) is 13.6. The molecule has 2 heterocycles. The predicted octanol–water partition coefficient (Wildman–Crippen LogP) is 4.16. The molecule has 0 fully saturated rings. The Labute approximate surface area is 176 Å². The quantitative estimate of drug-likeness (QED) is 0.427. The van der Waals surface area contributed by atoms with Crippen LogP contribution in [-0.2, 0) is 18.2 Å². The highest BCUT2D eigenvalue weighted by molar-refractivity contribution is 9.10. The van der Waals surface area contributed by atoms with Crippen LogP contribution in [-0.4, -0.2) is 35.3 Å². The maximum Gasteiger partial charge on any atom is 0.354 e. The second kappa shape index (κ2) is 7.93. The van der Waals surface area contributed by atoms with Gasteiger partial charge in [0.05, 0.1) is 12.6 Å². The lowest BCUT2D eigenvalue weighted by atomic mass is 10.1. The average molecular weight is 456 g/mol. The first kappa shape index (κ1) is 19.5. The fraction of sp³-hybridized carbons (Fsp3) is 0.227. The minimum absolute atomic E-state index is 0.170. The lowest BCUT2D eigenvalue weighted by molar-refractivity contribution is 0.0590. The Balaban J connectivity index is 1.55. The van der Waals surface area contributed by atoms with E-state index in [-0.39, 0.29) is 6.04 Å². The number of aryl methyl sites for hydroxylation is 1. The number of methoxy groups -OCH3 is 1. The molecule has 6 nitrogen and oxygen atoms in total. The monoisotopic (exact) mass is 455 g/mol. The fourth-order valence-corrected chi connectivity index (χ4v) is 4.27. The molecule has 2 aromatic heterocycles. The lowest BCUT2D eigenvalue weighted by Gasteiger charge is -2.14. The number of carbonyl (C=O) groups excluding carboxylic acids is 1. The molecule has 2 aromatic carbocycles. The Morgan fingerprint density at radius 3 is 2.83 bits per heavy atom. The minimum Gasteiger partial charge on any atom is -0.491 e. The van der Waals surface area contributed by atoms with Crippen molar-refractivity contribution >= 4 is 43.7 Å². The Kier molecular flexibility index (Phi) is 5.34. The number of nitrogens with zero attached hydrogens (tertiary/aromatic N) is 1. The molecule has 4 rings (SSSR count). The van der Waals surface area contributed by atoms with Gasteiger partial charge in [0, 0.05) is 40.0 Å². The average Bonchev–Trinajstić information content (AvgIpc) is 3.29. The summed E-state index contributed by atoms with van der Waals surface area (Å²) in [7, 11) is 3.20.